The fraction of sp³-hybridized carbons (Fsp3) is 0.0625. The van der Waals surface area contributed by atoms with Gasteiger partial charge < -0.3 is 5.32 Å². The van der Waals surface area contributed by atoms with Gasteiger partial charge in [-0.1, -0.05) is 109 Å². The Morgan fingerprint density at radius 1 is 0.455 bits per heavy atom. The third-order valence-electron chi connectivity index (χ3n) is 6.79. The predicted octanol–water partition coefficient (Wildman–Crippen LogP) is 7.72. The first-order valence-electron chi connectivity index (χ1n) is 11.5. The van der Waals surface area contributed by atoms with Gasteiger partial charge in [-0.05, 0) is 64.1 Å². The Kier molecular flexibility index (Phi) is 4.81. The van der Waals surface area contributed by atoms with Gasteiger partial charge in [0, 0.05) is 11.4 Å². The van der Waals surface area contributed by atoms with Crippen molar-refractivity contribution in [2.24, 2.45) is 0 Å². The Morgan fingerprint density at radius 2 is 1.00 bits per heavy atom. The van der Waals surface area contributed by atoms with Crippen molar-refractivity contribution < 1.29 is 0 Å². The Balaban J connectivity index is 1.62. The quantitative estimate of drug-likeness (QED) is 0.306. The van der Waals surface area contributed by atoms with E-state index in [4.69, 9.17) is 0 Å². The van der Waals surface area contributed by atoms with E-state index in [0.717, 1.165) is 17.8 Å². The van der Waals surface area contributed by atoms with Gasteiger partial charge in [-0.15, -0.1) is 0 Å². The van der Waals surface area contributed by atoms with Crippen LogP contribution in [-0.4, -0.2) is 0 Å². The maximum atomic E-state index is 3.58. The van der Waals surface area contributed by atoms with Crippen molar-refractivity contribution in [1.82, 2.24) is 0 Å². The number of fused-ring (bicyclic) bond motifs is 2. The summed E-state index contributed by atoms with van der Waals surface area (Å²) in [5.41, 5.74) is 9.95. The van der Waals surface area contributed by atoms with Crippen molar-refractivity contribution in [3.63, 3.8) is 0 Å². The molecule has 0 atom stereocenters. The zero-order valence-corrected chi connectivity index (χ0v) is 18.4. The van der Waals surface area contributed by atoms with E-state index in [-0.39, 0.29) is 5.41 Å². The van der Waals surface area contributed by atoms with E-state index in [0.29, 0.717) is 0 Å². The summed E-state index contributed by atoms with van der Waals surface area (Å²) in [6, 6.07) is 48.1. The molecule has 0 unspecified atom stereocenters. The van der Waals surface area contributed by atoms with Crippen LogP contribution in [0.2, 0.25) is 0 Å². The molecule has 0 aliphatic heterocycles. The Morgan fingerprint density at radius 3 is 1.67 bits per heavy atom. The van der Waals surface area contributed by atoms with Gasteiger partial charge in [0.05, 0.1) is 5.41 Å². The third-order valence-corrected chi connectivity index (χ3v) is 6.79. The number of benzene rings is 5. The highest BCUT2D eigenvalue weighted by molar-refractivity contribution is 5.70. The molecule has 0 saturated carbocycles. The van der Waals surface area contributed by atoms with Crippen LogP contribution < -0.4 is 5.32 Å². The van der Waals surface area contributed by atoms with Crippen LogP contribution >= 0.6 is 0 Å². The number of nitrogens with one attached hydrogen (secondary N) is 1. The molecule has 0 bridgehead atoms. The summed E-state index contributed by atoms with van der Waals surface area (Å²) in [6.45, 7) is 0. The van der Waals surface area contributed by atoms with E-state index < -0.39 is 0 Å². The molecule has 0 saturated heterocycles. The fourth-order valence-electron chi connectivity index (χ4n) is 5.43. The highest BCUT2D eigenvalue weighted by Crippen LogP contribution is 2.51. The topological polar surface area (TPSA) is 12.0 Å². The molecule has 0 radical (unpaired) electrons. The van der Waals surface area contributed by atoms with E-state index >= 15 is 0 Å². The smallest absolute Gasteiger partial charge is 0.0707 e. The molecular weight excluding hydrogens is 398 g/mol. The number of para-hydroxylation sites is 1. The van der Waals surface area contributed by atoms with Crippen LogP contribution in [0.5, 0.6) is 0 Å². The van der Waals surface area contributed by atoms with Crippen LogP contribution in [0.25, 0.3) is 0 Å². The lowest BCUT2D eigenvalue weighted by Crippen LogP contribution is -2.36. The van der Waals surface area contributed by atoms with Crippen molar-refractivity contribution in [3.8, 4) is 0 Å². The van der Waals surface area contributed by atoms with Crippen LogP contribution in [-0.2, 0) is 11.8 Å². The third kappa shape index (κ3) is 3.25. The number of anilines is 2. The van der Waals surface area contributed by atoms with Crippen molar-refractivity contribution >= 4 is 11.4 Å². The van der Waals surface area contributed by atoms with Gasteiger partial charge in [0.1, 0.15) is 0 Å². The lowest BCUT2D eigenvalue weighted by atomic mass is 9.59. The molecule has 1 aliphatic rings. The van der Waals surface area contributed by atoms with Crippen LogP contribution in [0, 0.1) is 0 Å². The first-order valence-corrected chi connectivity index (χ1v) is 11.5. The first-order chi connectivity index (χ1) is 16.4. The van der Waals surface area contributed by atoms with Crippen LogP contribution in [0.1, 0.15) is 33.4 Å². The zero-order chi connectivity index (χ0) is 22.1. The Hall–Kier alpha value is -4.10. The molecule has 0 heterocycles. The summed E-state index contributed by atoms with van der Waals surface area (Å²) in [4.78, 5) is 0. The molecule has 0 aromatic heterocycles. The van der Waals surface area contributed by atoms with Gasteiger partial charge in [-0.25, -0.2) is 0 Å². The second-order valence-electron chi connectivity index (χ2n) is 8.68. The van der Waals surface area contributed by atoms with E-state index in [9.17, 15) is 0 Å². The molecule has 0 amide bonds. The van der Waals surface area contributed by atoms with Gasteiger partial charge in [-0.3, -0.25) is 0 Å². The molecule has 5 aromatic rings. The van der Waals surface area contributed by atoms with Gasteiger partial charge in [0.2, 0.25) is 0 Å². The Bertz CT molecular complexity index is 1350. The maximum absolute atomic E-state index is 3.58. The second kappa shape index (κ2) is 8.11. The molecule has 33 heavy (non-hydrogen) atoms. The fourth-order valence-corrected chi connectivity index (χ4v) is 5.43. The highest BCUT2D eigenvalue weighted by Gasteiger charge is 2.43. The lowest BCUT2D eigenvalue weighted by Gasteiger charge is -2.42. The highest BCUT2D eigenvalue weighted by atomic mass is 14.9. The van der Waals surface area contributed by atoms with Crippen LogP contribution in [0.3, 0.4) is 0 Å². The average molecular weight is 424 g/mol. The summed E-state index contributed by atoms with van der Waals surface area (Å²) in [6.07, 6.45) is 0.928. The van der Waals surface area contributed by atoms with Gasteiger partial charge in [0.15, 0.2) is 0 Å². The van der Waals surface area contributed by atoms with Crippen LogP contribution in [0.4, 0.5) is 11.4 Å². The van der Waals surface area contributed by atoms with Gasteiger partial charge in [-0.2, -0.15) is 0 Å². The predicted molar refractivity (Wildman–Crippen MR) is 137 cm³/mol. The molecule has 1 aliphatic carbocycles. The standard InChI is InChI=1S/C32H25N/c1-4-13-26(14-5-1)32(27-15-6-2-7-16-27)30-19-11-10-12-24(30)22-25-23-29(20-21-31(25)32)33-28-17-8-3-9-18-28/h1-21,23,33H,22H2. The molecule has 158 valence electrons. The molecule has 1 heteroatoms. The normalized spacial score (nSPS) is 13.6. The molecule has 6 rings (SSSR count). The molecular formula is C32H25N. The molecule has 0 fully saturated rings. The van der Waals surface area contributed by atoms with Gasteiger partial charge in [0.25, 0.3) is 0 Å². The lowest BCUT2D eigenvalue weighted by molar-refractivity contribution is 0.703. The summed E-state index contributed by atoms with van der Waals surface area (Å²) < 4.78 is 0. The minimum absolute atomic E-state index is 0.349. The number of rotatable bonds is 4. The maximum Gasteiger partial charge on any atom is 0.0707 e. The number of hydrogen-bond acceptors (Lipinski definition) is 1. The summed E-state index contributed by atoms with van der Waals surface area (Å²) in [5, 5.41) is 3.58. The minimum Gasteiger partial charge on any atom is -0.356 e. The SMILES string of the molecule is c1ccc(Nc2ccc3c(c2)Cc2ccccc2C3(c2ccccc2)c2ccccc2)cc1. The largest absolute Gasteiger partial charge is 0.356 e. The number of hydrogen-bond donors (Lipinski definition) is 1. The van der Waals surface area contributed by atoms with Crippen molar-refractivity contribution in [2.45, 2.75) is 11.8 Å². The summed E-state index contributed by atoms with van der Waals surface area (Å²) >= 11 is 0. The molecule has 5 aromatic carbocycles. The van der Waals surface area contributed by atoms with E-state index in [2.05, 4.69) is 133 Å². The van der Waals surface area contributed by atoms with E-state index in [1.54, 1.807) is 0 Å². The van der Waals surface area contributed by atoms with Crippen LogP contribution in [0.15, 0.2) is 133 Å². The van der Waals surface area contributed by atoms with Crippen molar-refractivity contribution in [3.05, 3.63) is 167 Å². The molecule has 0 spiro atoms. The van der Waals surface area contributed by atoms with Crippen molar-refractivity contribution in [1.29, 1.82) is 0 Å². The monoisotopic (exact) mass is 423 g/mol. The zero-order valence-electron chi connectivity index (χ0n) is 18.4. The second-order valence-corrected chi connectivity index (χ2v) is 8.68. The molecule has 1 N–H and O–H groups in total. The minimum atomic E-state index is -0.349. The van der Waals surface area contributed by atoms with E-state index in [1.165, 1.54) is 33.4 Å². The average Bonchev–Trinajstić information content (AvgIpc) is 2.89. The van der Waals surface area contributed by atoms with Crippen molar-refractivity contribution in [2.75, 3.05) is 5.32 Å². The Labute approximate surface area is 195 Å². The summed E-state index contributed by atoms with van der Waals surface area (Å²) in [5.74, 6) is 0. The first kappa shape index (κ1) is 19.6. The summed E-state index contributed by atoms with van der Waals surface area (Å²) in [7, 11) is 0. The van der Waals surface area contributed by atoms with E-state index in [1.807, 2.05) is 6.07 Å². The molecule has 1 nitrogen and oxygen atoms in total. The van der Waals surface area contributed by atoms with Gasteiger partial charge >= 0.3 is 0 Å².